The van der Waals surface area contributed by atoms with Crippen molar-refractivity contribution in [3.63, 3.8) is 0 Å². The van der Waals surface area contributed by atoms with Gasteiger partial charge in [0.25, 0.3) is 5.91 Å². The molecule has 0 radical (unpaired) electrons. The molecule has 0 saturated heterocycles. The lowest BCUT2D eigenvalue weighted by molar-refractivity contribution is 0.0729. The first-order chi connectivity index (χ1) is 17.2. The normalized spacial score (nSPS) is 11.2. The molecule has 36 heavy (non-hydrogen) atoms. The van der Waals surface area contributed by atoms with E-state index in [-0.39, 0.29) is 17.1 Å². The van der Waals surface area contributed by atoms with E-state index < -0.39 is 5.97 Å². The van der Waals surface area contributed by atoms with Gasteiger partial charge in [0.1, 0.15) is 5.75 Å². The summed E-state index contributed by atoms with van der Waals surface area (Å²) in [6.45, 7) is 9.00. The second-order valence-corrected chi connectivity index (χ2v) is 9.20. The monoisotopic (exact) mass is 488 g/mol. The SMILES string of the molecule is CCCOc1ccc(C(=O)Oc2ccc(/C=N\NC(=O)c3ccc(C(C)(C)C)cc3)cc2OC)cc1. The van der Waals surface area contributed by atoms with E-state index in [9.17, 15) is 9.59 Å². The predicted octanol–water partition coefficient (Wildman–Crippen LogP) is 5.76. The number of hydrogen-bond donors (Lipinski definition) is 1. The molecule has 7 nitrogen and oxygen atoms in total. The van der Waals surface area contributed by atoms with Gasteiger partial charge in [0, 0.05) is 5.56 Å². The lowest BCUT2D eigenvalue weighted by Crippen LogP contribution is -2.18. The van der Waals surface area contributed by atoms with Crippen molar-refractivity contribution >= 4 is 18.1 Å². The highest BCUT2D eigenvalue weighted by atomic mass is 16.6. The number of hydrogen-bond acceptors (Lipinski definition) is 6. The molecule has 0 aliphatic carbocycles. The molecule has 3 rings (SSSR count). The topological polar surface area (TPSA) is 86.2 Å². The molecule has 7 heteroatoms. The number of hydrazone groups is 1. The van der Waals surface area contributed by atoms with E-state index in [1.807, 2.05) is 19.1 Å². The molecule has 0 bridgehead atoms. The first-order valence-electron chi connectivity index (χ1n) is 11.8. The maximum absolute atomic E-state index is 12.6. The van der Waals surface area contributed by atoms with Gasteiger partial charge in [0.15, 0.2) is 11.5 Å². The van der Waals surface area contributed by atoms with Crippen LogP contribution >= 0.6 is 0 Å². The average molecular weight is 489 g/mol. The summed E-state index contributed by atoms with van der Waals surface area (Å²) in [6.07, 6.45) is 2.40. The zero-order valence-electron chi connectivity index (χ0n) is 21.3. The van der Waals surface area contributed by atoms with Crippen molar-refractivity contribution in [3.8, 4) is 17.2 Å². The third-order valence-corrected chi connectivity index (χ3v) is 5.35. The quantitative estimate of drug-likeness (QED) is 0.179. The van der Waals surface area contributed by atoms with Gasteiger partial charge in [-0.3, -0.25) is 4.79 Å². The van der Waals surface area contributed by atoms with E-state index >= 15 is 0 Å². The van der Waals surface area contributed by atoms with Crippen LogP contribution in [0.4, 0.5) is 0 Å². The minimum atomic E-state index is -0.512. The highest BCUT2D eigenvalue weighted by molar-refractivity contribution is 5.95. The first-order valence-corrected chi connectivity index (χ1v) is 11.8. The molecular formula is C29H32N2O5. The lowest BCUT2D eigenvalue weighted by Gasteiger charge is -2.18. The van der Waals surface area contributed by atoms with Crippen molar-refractivity contribution in [3.05, 3.63) is 89.0 Å². The number of carbonyl (C=O) groups excluding carboxylic acids is 2. The number of esters is 1. The molecular weight excluding hydrogens is 456 g/mol. The fourth-order valence-corrected chi connectivity index (χ4v) is 3.27. The van der Waals surface area contributed by atoms with Gasteiger partial charge in [-0.2, -0.15) is 5.10 Å². The highest BCUT2D eigenvalue weighted by Crippen LogP contribution is 2.28. The largest absolute Gasteiger partial charge is 0.494 e. The molecule has 0 saturated carbocycles. The molecule has 0 heterocycles. The molecule has 1 N–H and O–H groups in total. The summed E-state index contributed by atoms with van der Waals surface area (Å²) in [5.74, 6) is 0.508. The van der Waals surface area contributed by atoms with Gasteiger partial charge in [-0.15, -0.1) is 0 Å². The Bertz CT molecular complexity index is 1210. The van der Waals surface area contributed by atoms with E-state index in [0.717, 1.165) is 12.0 Å². The first kappa shape index (κ1) is 26.5. The molecule has 0 aliphatic heterocycles. The third-order valence-electron chi connectivity index (χ3n) is 5.35. The van der Waals surface area contributed by atoms with Gasteiger partial charge in [0.05, 0.1) is 25.5 Å². The maximum Gasteiger partial charge on any atom is 0.343 e. The molecule has 3 aromatic carbocycles. The summed E-state index contributed by atoms with van der Waals surface area (Å²) in [4.78, 5) is 24.9. The number of benzene rings is 3. The smallest absolute Gasteiger partial charge is 0.343 e. The van der Waals surface area contributed by atoms with Crippen LogP contribution in [0.15, 0.2) is 71.8 Å². The maximum atomic E-state index is 12.6. The minimum absolute atomic E-state index is 0.0144. The number of rotatable bonds is 9. The summed E-state index contributed by atoms with van der Waals surface area (Å²) in [6, 6.07) is 19.2. The number of carbonyl (C=O) groups is 2. The average Bonchev–Trinajstić information content (AvgIpc) is 2.88. The molecule has 188 valence electrons. The van der Waals surface area contributed by atoms with Crippen LogP contribution in [0.5, 0.6) is 17.2 Å². The van der Waals surface area contributed by atoms with Crippen molar-refractivity contribution in [1.82, 2.24) is 5.43 Å². The molecule has 0 aromatic heterocycles. The van der Waals surface area contributed by atoms with Crippen molar-refractivity contribution in [2.75, 3.05) is 13.7 Å². The van der Waals surface area contributed by atoms with Crippen LogP contribution in [0.3, 0.4) is 0 Å². The van der Waals surface area contributed by atoms with Crippen molar-refractivity contribution in [2.45, 2.75) is 39.5 Å². The number of amides is 1. The number of methoxy groups -OCH3 is 1. The van der Waals surface area contributed by atoms with E-state index in [4.69, 9.17) is 14.2 Å². The van der Waals surface area contributed by atoms with Crippen LogP contribution in [-0.4, -0.2) is 31.8 Å². The van der Waals surface area contributed by atoms with E-state index in [1.54, 1.807) is 54.6 Å². The summed E-state index contributed by atoms with van der Waals surface area (Å²) < 4.78 is 16.4. The molecule has 0 fully saturated rings. The van der Waals surface area contributed by atoms with Gasteiger partial charge in [-0.1, -0.05) is 39.8 Å². The Morgan fingerprint density at radius 3 is 2.19 bits per heavy atom. The number of nitrogens with zero attached hydrogens (tertiary/aromatic N) is 1. The number of nitrogens with one attached hydrogen (secondary N) is 1. The second kappa shape index (κ2) is 12.0. The van der Waals surface area contributed by atoms with Crippen LogP contribution in [0.2, 0.25) is 0 Å². The van der Waals surface area contributed by atoms with Gasteiger partial charge < -0.3 is 14.2 Å². The molecule has 3 aromatic rings. The van der Waals surface area contributed by atoms with Crippen LogP contribution in [-0.2, 0) is 5.41 Å². The van der Waals surface area contributed by atoms with E-state index in [2.05, 4.69) is 31.3 Å². The Labute approximate surface area is 212 Å². The Kier molecular flexibility index (Phi) is 8.84. The molecule has 0 spiro atoms. The summed E-state index contributed by atoms with van der Waals surface area (Å²) in [5.41, 5.74) is 5.26. The van der Waals surface area contributed by atoms with Gasteiger partial charge in [-0.05, 0) is 77.6 Å². The summed E-state index contributed by atoms with van der Waals surface area (Å²) >= 11 is 0. The Morgan fingerprint density at radius 2 is 1.58 bits per heavy atom. The molecule has 0 aliphatic rings. The van der Waals surface area contributed by atoms with Crippen LogP contribution in [0.25, 0.3) is 0 Å². The van der Waals surface area contributed by atoms with Crippen LogP contribution in [0.1, 0.15) is 66.0 Å². The minimum Gasteiger partial charge on any atom is -0.494 e. The molecule has 0 atom stereocenters. The summed E-state index contributed by atoms with van der Waals surface area (Å²) in [7, 11) is 1.48. The zero-order chi connectivity index (χ0) is 26.1. The Morgan fingerprint density at radius 1 is 0.917 bits per heavy atom. The fourth-order valence-electron chi connectivity index (χ4n) is 3.27. The van der Waals surface area contributed by atoms with Gasteiger partial charge >= 0.3 is 5.97 Å². The van der Waals surface area contributed by atoms with E-state index in [1.165, 1.54) is 13.3 Å². The Balaban J connectivity index is 1.61. The summed E-state index contributed by atoms with van der Waals surface area (Å²) in [5, 5.41) is 4.03. The fraction of sp³-hybridized carbons (Fsp3) is 0.276. The predicted molar refractivity (Wildman–Crippen MR) is 140 cm³/mol. The third kappa shape index (κ3) is 7.18. The van der Waals surface area contributed by atoms with Gasteiger partial charge in [-0.25, -0.2) is 10.2 Å². The molecule has 0 unspecified atom stereocenters. The Hall–Kier alpha value is -4.13. The number of ether oxygens (including phenoxy) is 3. The van der Waals surface area contributed by atoms with Gasteiger partial charge in [0.2, 0.25) is 0 Å². The standard InChI is InChI=1S/C29H32N2O5/c1-6-17-35-24-14-10-22(11-15-24)28(33)36-25-16-7-20(18-26(25)34-5)19-30-31-27(32)21-8-12-23(13-9-21)29(2,3)4/h7-16,18-19H,6,17H2,1-5H3,(H,31,32)/b30-19-. The van der Waals surface area contributed by atoms with Crippen molar-refractivity contribution in [2.24, 2.45) is 5.10 Å². The lowest BCUT2D eigenvalue weighted by atomic mass is 9.87. The van der Waals surface area contributed by atoms with E-state index in [0.29, 0.717) is 34.8 Å². The zero-order valence-corrected chi connectivity index (χ0v) is 21.3. The van der Waals surface area contributed by atoms with Crippen LogP contribution < -0.4 is 19.6 Å². The highest BCUT2D eigenvalue weighted by Gasteiger charge is 2.15. The van der Waals surface area contributed by atoms with Crippen molar-refractivity contribution < 1.29 is 23.8 Å². The molecule has 1 amide bonds. The van der Waals surface area contributed by atoms with Crippen LogP contribution in [0, 0.1) is 0 Å². The van der Waals surface area contributed by atoms with Crippen molar-refractivity contribution in [1.29, 1.82) is 0 Å². The second-order valence-electron chi connectivity index (χ2n) is 9.20.